The molecule has 0 aliphatic heterocycles. The molecule has 0 saturated carbocycles. The zero-order chi connectivity index (χ0) is 17.4. The van der Waals surface area contributed by atoms with E-state index < -0.39 is 10.9 Å². The summed E-state index contributed by atoms with van der Waals surface area (Å²) in [5.41, 5.74) is -0.348. The summed E-state index contributed by atoms with van der Waals surface area (Å²) in [4.78, 5) is 22.2. The minimum absolute atomic E-state index is 0.0520. The van der Waals surface area contributed by atoms with Crippen molar-refractivity contribution in [3.8, 4) is 5.75 Å². The van der Waals surface area contributed by atoms with Gasteiger partial charge in [-0.1, -0.05) is 37.8 Å². The molecule has 1 atom stereocenters. The summed E-state index contributed by atoms with van der Waals surface area (Å²) in [7, 11) is 1.19. The maximum Gasteiger partial charge on any atom is 0.339 e. The largest absolute Gasteiger partial charge is 0.484 e. The normalized spacial score (nSPS) is 11.8. The van der Waals surface area contributed by atoms with E-state index in [9.17, 15) is 14.9 Å². The van der Waals surface area contributed by atoms with Gasteiger partial charge in [0.15, 0.2) is 5.75 Å². The van der Waals surface area contributed by atoms with Gasteiger partial charge in [-0.05, 0) is 19.8 Å². The van der Waals surface area contributed by atoms with Crippen LogP contribution in [0.25, 0.3) is 0 Å². The predicted molar refractivity (Wildman–Crippen MR) is 88.3 cm³/mol. The highest BCUT2D eigenvalue weighted by Crippen LogP contribution is 2.34. The Labute approximate surface area is 140 Å². The number of ether oxygens (including phenoxy) is 2. The first-order valence-electron chi connectivity index (χ1n) is 7.63. The zero-order valence-corrected chi connectivity index (χ0v) is 14.4. The van der Waals surface area contributed by atoms with Crippen LogP contribution in [0.5, 0.6) is 5.75 Å². The van der Waals surface area contributed by atoms with E-state index in [0.717, 1.165) is 38.2 Å². The molecule has 0 N–H and O–H groups in total. The Morgan fingerprint density at radius 1 is 1.35 bits per heavy atom. The van der Waals surface area contributed by atoms with Crippen molar-refractivity contribution in [3.63, 3.8) is 0 Å². The Morgan fingerprint density at radius 3 is 2.61 bits per heavy atom. The molecule has 0 fully saturated rings. The first kappa shape index (κ1) is 19.2. The number of benzene rings is 1. The molecule has 0 aliphatic carbocycles. The average Bonchev–Trinajstić information content (AvgIpc) is 2.50. The highest BCUT2D eigenvalue weighted by molar-refractivity contribution is 6.33. The quantitative estimate of drug-likeness (QED) is 0.279. The lowest BCUT2D eigenvalue weighted by Crippen LogP contribution is -2.13. The van der Waals surface area contributed by atoms with E-state index in [1.807, 2.05) is 6.92 Å². The molecule has 128 valence electrons. The van der Waals surface area contributed by atoms with Crippen LogP contribution in [0.4, 0.5) is 5.69 Å². The highest BCUT2D eigenvalue weighted by Gasteiger charge is 2.23. The molecule has 23 heavy (non-hydrogen) atoms. The van der Waals surface area contributed by atoms with E-state index in [2.05, 4.69) is 11.7 Å². The number of rotatable bonds is 9. The second kappa shape index (κ2) is 9.35. The van der Waals surface area contributed by atoms with Gasteiger partial charge >= 0.3 is 11.7 Å². The van der Waals surface area contributed by atoms with Gasteiger partial charge in [0.2, 0.25) is 0 Å². The van der Waals surface area contributed by atoms with Crippen LogP contribution in [-0.2, 0) is 4.74 Å². The number of carbonyl (C=O) groups excluding carboxylic acids is 1. The highest BCUT2D eigenvalue weighted by atomic mass is 35.5. The minimum atomic E-state index is -0.725. The number of carbonyl (C=O) groups is 1. The second-order valence-electron chi connectivity index (χ2n) is 5.33. The Hall–Kier alpha value is -1.82. The predicted octanol–water partition coefficient (Wildman–Crippen LogP) is 4.77. The van der Waals surface area contributed by atoms with Crippen molar-refractivity contribution in [1.82, 2.24) is 0 Å². The third-order valence-corrected chi connectivity index (χ3v) is 3.76. The van der Waals surface area contributed by atoms with Gasteiger partial charge in [-0.2, -0.15) is 0 Å². The summed E-state index contributed by atoms with van der Waals surface area (Å²) in [5.74, 6) is -0.659. The number of nitro groups is 1. The molecule has 0 spiro atoms. The van der Waals surface area contributed by atoms with Crippen LogP contribution < -0.4 is 4.74 Å². The molecular weight excluding hydrogens is 322 g/mol. The standard InChI is InChI=1S/C16H22ClNO5/c1-4-5-6-7-8-11(2)23-15-10-13(17)12(16(19)22-3)9-14(15)18(20)21/h9-11H,4-8H2,1-3H3/t11-/m1/s1. The molecule has 0 unspecified atom stereocenters. The lowest BCUT2D eigenvalue weighted by atomic mass is 10.1. The van der Waals surface area contributed by atoms with Crippen molar-refractivity contribution in [1.29, 1.82) is 0 Å². The van der Waals surface area contributed by atoms with Crippen molar-refractivity contribution >= 4 is 23.3 Å². The third-order valence-electron chi connectivity index (χ3n) is 3.44. The van der Waals surface area contributed by atoms with Crippen LogP contribution in [0.2, 0.25) is 5.02 Å². The number of methoxy groups -OCH3 is 1. The number of hydrogen-bond acceptors (Lipinski definition) is 5. The monoisotopic (exact) mass is 343 g/mol. The molecule has 1 aromatic carbocycles. The van der Waals surface area contributed by atoms with E-state index in [4.69, 9.17) is 16.3 Å². The van der Waals surface area contributed by atoms with E-state index in [0.29, 0.717) is 0 Å². The first-order valence-corrected chi connectivity index (χ1v) is 8.01. The molecule has 0 amide bonds. The maximum absolute atomic E-state index is 11.6. The number of hydrogen-bond donors (Lipinski definition) is 0. The van der Waals surface area contributed by atoms with Crippen molar-refractivity contribution in [3.05, 3.63) is 32.8 Å². The molecule has 0 bridgehead atoms. The molecule has 0 saturated heterocycles. The first-order chi connectivity index (χ1) is 10.9. The van der Waals surface area contributed by atoms with Crippen molar-refractivity contribution in [2.24, 2.45) is 0 Å². The summed E-state index contributed by atoms with van der Waals surface area (Å²) in [6.07, 6.45) is 5.03. The molecule has 0 aromatic heterocycles. The fourth-order valence-electron chi connectivity index (χ4n) is 2.18. The molecule has 0 heterocycles. The Bertz CT molecular complexity index is 562. The van der Waals surface area contributed by atoms with E-state index in [1.165, 1.54) is 13.2 Å². The van der Waals surface area contributed by atoms with Crippen molar-refractivity contribution in [2.75, 3.05) is 7.11 Å². The molecule has 0 aliphatic rings. The second-order valence-corrected chi connectivity index (χ2v) is 5.73. The van der Waals surface area contributed by atoms with E-state index in [-0.39, 0.29) is 28.1 Å². The molecule has 0 radical (unpaired) electrons. The third kappa shape index (κ3) is 5.71. The number of nitrogens with zero attached hydrogens (tertiary/aromatic N) is 1. The molecule has 1 aromatic rings. The van der Waals surface area contributed by atoms with E-state index >= 15 is 0 Å². The SMILES string of the molecule is CCCCCC[C@@H](C)Oc1cc(Cl)c(C(=O)OC)cc1[N+](=O)[O-]. The number of nitro benzene ring substituents is 1. The molecule has 7 heteroatoms. The molecule has 1 rings (SSSR count). The smallest absolute Gasteiger partial charge is 0.339 e. The van der Waals surface area contributed by atoms with Crippen LogP contribution in [0, 0.1) is 10.1 Å². The fourth-order valence-corrected chi connectivity index (χ4v) is 2.41. The minimum Gasteiger partial charge on any atom is -0.484 e. The van der Waals surface area contributed by atoms with Gasteiger partial charge in [-0.15, -0.1) is 0 Å². The fraction of sp³-hybridized carbons (Fsp3) is 0.562. The topological polar surface area (TPSA) is 78.7 Å². The van der Waals surface area contributed by atoms with Crippen LogP contribution in [0.3, 0.4) is 0 Å². The van der Waals surface area contributed by atoms with Gasteiger partial charge in [-0.25, -0.2) is 4.79 Å². The van der Waals surface area contributed by atoms with E-state index in [1.54, 1.807) is 0 Å². The summed E-state index contributed by atoms with van der Waals surface area (Å²) >= 11 is 6.01. The molecular formula is C16H22ClNO5. The van der Waals surface area contributed by atoms with Crippen molar-refractivity contribution < 1.29 is 19.2 Å². The average molecular weight is 344 g/mol. The van der Waals surface area contributed by atoms with Crippen LogP contribution in [0.1, 0.15) is 56.3 Å². The molecule has 6 nitrogen and oxygen atoms in total. The van der Waals surface area contributed by atoms with Crippen LogP contribution in [0.15, 0.2) is 12.1 Å². The van der Waals surface area contributed by atoms with Gasteiger partial charge < -0.3 is 9.47 Å². The van der Waals surface area contributed by atoms with Gasteiger partial charge in [0.05, 0.1) is 28.7 Å². The lowest BCUT2D eigenvalue weighted by Gasteiger charge is -2.15. The Morgan fingerprint density at radius 2 is 2.04 bits per heavy atom. The van der Waals surface area contributed by atoms with Gasteiger partial charge in [0.1, 0.15) is 0 Å². The summed E-state index contributed by atoms with van der Waals surface area (Å²) in [6.45, 7) is 3.99. The summed E-state index contributed by atoms with van der Waals surface area (Å²) in [6, 6.07) is 2.39. The lowest BCUT2D eigenvalue weighted by molar-refractivity contribution is -0.386. The van der Waals surface area contributed by atoms with Gasteiger partial charge in [-0.3, -0.25) is 10.1 Å². The van der Waals surface area contributed by atoms with Crippen molar-refractivity contribution in [2.45, 2.75) is 52.1 Å². The maximum atomic E-state index is 11.6. The Balaban J connectivity index is 2.91. The van der Waals surface area contributed by atoms with Crippen LogP contribution >= 0.6 is 11.6 Å². The number of halogens is 1. The van der Waals surface area contributed by atoms with Gasteiger partial charge in [0.25, 0.3) is 0 Å². The summed E-state index contributed by atoms with van der Waals surface area (Å²) in [5, 5.41) is 11.3. The Kier molecular flexibility index (Phi) is 7.81. The van der Waals surface area contributed by atoms with Crippen LogP contribution in [-0.4, -0.2) is 24.1 Å². The number of unbranched alkanes of at least 4 members (excludes halogenated alkanes) is 3. The number of esters is 1. The zero-order valence-electron chi connectivity index (χ0n) is 13.6. The summed E-state index contributed by atoms with van der Waals surface area (Å²) < 4.78 is 10.2. The van der Waals surface area contributed by atoms with Gasteiger partial charge in [0, 0.05) is 12.1 Å².